The highest BCUT2D eigenvalue weighted by atomic mass is 16.5. The second-order valence-corrected chi connectivity index (χ2v) is 4.26. The normalized spacial score (nSPS) is 20.6. The van der Waals surface area contributed by atoms with Gasteiger partial charge in [-0.15, -0.1) is 0 Å². The van der Waals surface area contributed by atoms with E-state index in [1.807, 2.05) is 0 Å². The van der Waals surface area contributed by atoms with Crippen LogP contribution in [0, 0.1) is 5.92 Å². The van der Waals surface area contributed by atoms with Crippen LogP contribution < -0.4 is 5.32 Å². The summed E-state index contributed by atoms with van der Waals surface area (Å²) in [5, 5.41) is 13.7. The van der Waals surface area contributed by atoms with Crippen LogP contribution in [0.3, 0.4) is 0 Å². The first-order chi connectivity index (χ1) is 8.42. The van der Waals surface area contributed by atoms with Crippen LogP contribution in [-0.2, 0) is 6.42 Å². The minimum atomic E-state index is 0.473. The molecule has 7 heteroatoms. The van der Waals surface area contributed by atoms with E-state index in [1.165, 1.54) is 19.2 Å². The zero-order valence-electron chi connectivity index (χ0n) is 9.39. The molecule has 3 rings (SSSR count). The fourth-order valence-corrected chi connectivity index (χ4v) is 2.09. The first-order valence-electron chi connectivity index (χ1n) is 5.81. The van der Waals surface area contributed by atoms with Crippen molar-refractivity contribution < 1.29 is 4.52 Å². The molecule has 7 nitrogen and oxygen atoms in total. The average molecular weight is 234 g/mol. The van der Waals surface area contributed by atoms with Crippen molar-refractivity contribution in [2.75, 3.05) is 13.1 Å². The summed E-state index contributed by atoms with van der Waals surface area (Å²) in [6.07, 6.45) is 4.69. The van der Waals surface area contributed by atoms with Crippen LogP contribution in [0.4, 0.5) is 0 Å². The molecular formula is C10H14N6O. The van der Waals surface area contributed by atoms with Gasteiger partial charge in [-0.05, 0) is 31.8 Å². The van der Waals surface area contributed by atoms with Gasteiger partial charge in [0.15, 0.2) is 5.82 Å². The first-order valence-corrected chi connectivity index (χ1v) is 5.81. The van der Waals surface area contributed by atoms with Crippen molar-refractivity contribution in [2.45, 2.75) is 19.3 Å². The molecular weight excluding hydrogens is 220 g/mol. The monoisotopic (exact) mass is 234 g/mol. The minimum Gasteiger partial charge on any atom is -0.339 e. The Kier molecular flexibility index (Phi) is 2.83. The molecule has 0 spiro atoms. The van der Waals surface area contributed by atoms with E-state index < -0.39 is 0 Å². The summed E-state index contributed by atoms with van der Waals surface area (Å²) in [5.41, 5.74) is 0. The molecule has 2 N–H and O–H groups in total. The lowest BCUT2D eigenvalue weighted by Crippen LogP contribution is -2.30. The number of hydrogen-bond acceptors (Lipinski definition) is 6. The third kappa shape index (κ3) is 2.33. The molecule has 1 saturated heterocycles. The Morgan fingerprint density at radius 1 is 1.47 bits per heavy atom. The summed E-state index contributed by atoms with van der Waals surface area (Å²) in [6, 6.07) is 0. The second-order valence-electron chi connectivity index (χ2n) is 4.26. The molecule has 0 aliphatic carbocycles. The maximum absolute atomic E-state index is 5.21. The molecule has 1 fully saturated rings. The van der Waals surface area contributed by atoms with Crippen LogP contribution in [-0.4, -0.2) is 38.4 Å². The van der Waals surface area contributed by atoms with E-state index in [9.17, 15) is 0 Å². The summed E-state index contributed by atoms with van der Waals surface area (Å²) in [4.78, 5) is 8.29. The van der Waals surface area contributed by atoms with E-state index in [4.69, 9.17) is 4.52 Å². The maximum atomic E-state index is 5.21. The Bertz CT molecular complexity index is 459. The van der Waals surface area contributed by atoms with Gasteiger partial charge in [0, 0.05) is 6.42 Å². The largest absolute Gasteiger partial charge is 0.339 e. The van der Waals surface area contributed by atoms with Crippen molar-refractivity contribution in [1.29, 1.82) is 0 Å². The Morgan fingerprint density at radius 3 is 3.24 bits per heavy atom. The van der Waals surface area contributed by atoms with Crippen molar-refractivity contribution in [3.8, 4) is 11.6 Å². The third-order valence-corrected chi connectivity index (χ3v) is 2.96. The van der Waals surface area contributed by atoms with Gasteiger partial charge in [0.25, 0.3) is 0 Å². The Balaban J connectivity index is 1.68. The van der Waals surface area contributed by atoms with Gasteiger partial charge < -0.3 is 9.84 Å². The molecule has 3 heterocycles. The van der Waals surface area contributed by atoms with Crippen molar-refractivity contribution in [1.82, 2.24) is 30.6 Å². The summed E-state index contributed by atoms with van der Waals surface area (Å²) < 4.78 is 5.21. The molecule has 90 valence electrons. The Hall–Kier alpha value is -1.76. The molecule has 0 amide bonds. The summed E-state index contributed by atoms with van der Waals surface area (Å²) in [5.74, 6) is 2.28. The second kappa shape index (κ2) is 4.62. The predicted molar refractivity (Wildman–Crippen MR) is 59.0 cm³/mol. The van der Waals surface area contributed by atoms with Gasteiger partial charge in [-0.25, -0.2) is 4.98 Å². The Labute approximate surface area is 98.0 Å². The zero-order valence-corrected chi connectivity index (χ0v) is 9.39. The quantitative estimate of drug-likeness (QED) is 0.798. The SMILES string of the molecule is c1n[nH]c(-c2noc(CC3CCCNC3)n2)n1. The van der Waals surface area contributed by atoms with Gasteiger partial charge in [0.1, 0.15) is 6.33 Å². The zero-order chi connectivity index (χ0) is 11.5. The van der Waals surface area contributed by atoms with Gasteiger partial charge >= 0.3 is 0 Å². The number of aromatic amines is 1. The molecule has 0 bridgehead atoms. The van der Waals surface area contributed by atoms with Crippen LogP contribution in [0.1, 0.15) is 18.7 Å². The third-order valence-electron chi connectivity index (χ3n) is 2.96. The Morgan fingerprint density at radius 2 is 2.47 bits per heavy atom. The smallest absolute Gasteiger partial charge is 0.239 e. The molecule has 1 aliphatic heterocycles. The van der Waals surface area contributed by atoms with Crippen LogP contribution in [0.15, 0.2) is 10.9 Å². The predicted octanol–water partition coefficient (Wildman–Crippen LogP) is 0.397. The molecule has 0 aromatic carbocycles. The van der Waals surface area contributed by atoms with Crippen LogP contribution in [0.5, 0.6) is 0 Å². The molecule has 2 aromatic rings. The molecule has 1 aliphatic rings. The van der Waals surface area contributed by atoms with E-state index in [2.05, 4.69) is 30.6 Å². The fraction of sp³-hybridized carbons (Fsp3) is 0.600. The molecule has 1 unspecified atom stereocenters. The number of rotatable bonds is 3. The molecule has 17 heavy (non-hydrogen) atoms. The molecule has 0 saturated carbocycles. The highest BCUT2D eigenvalue weighted by Crippen LogP contribution is 2.17. The molecule has 2 aromatic heterocycles. The van der Waals surface area contributed by atoms with Crippen molar-refractivity contribution in [2.24, 2.45) is 5.92 Å². The number of nitrogens with zero attached hydrogens (tertiary/aromatic N) is 4. The first kappa shape index (κ1) is 10.4. The van der Waals surface area contributed by atoms with E-state index in [-0.39, 0.29) is 0 Å². The molecule has 1 atom stereocenters. The number of aromatic nitrogens is 5. The van der Waals surface area contributed by atoms with Crippen molar-refractivity contribution in [3.63, 3.8) is 0 Å². The maximum Gasteiger partial charge on any atom is 0.239 e. The van der Waals surface area contributed by atoms with Crippen LogP contribution >= 0.6 is 0 Å². The van der Waals surface area contributed by atoms with E-state index in [0.29, 0.717) is 23.5 Å². The van der Waals surface area contributed by atoms with Gasteiger partial charge in [0.2, 0.25) is 11.7 Å². The van der Waals surface area contributed by atoms with E-state index in [0.717, 1.165) is 19.5 Å². The lowest BCUT2D eigenvalue weighted by molar-refractivity contribution is 0.316. The lowest BCUT2D eigenvalue weighted by atomic mass is 9.96. The van der Waals surface area contributed by atoms with Crippen molar-refractivity contribution in [3.05, 3.63) is 12.2 Å². The van der Waals surface area contributed by atoms with Crippen molar-refractivity contribution >= 4 is 0 Å². The highest BCUT2D eigenvalue weighted by Gasteiger charge is 2.18. The molecule has 0 radical (unpaired) electrons. The summed E-state index contributed by atoms with van der Waals surface area (Å²) in [6.45, 7) is 2.14. The van der Waals surface area contributed by atoms with Gasteiger partial charge in [-0.2, -0.15) is 10.1 Å². The summed E-state index contributed by atoms with van der Waals surface area (Å²) in [7, 11) is 0. The van der Waals surface area contributed by atoms with Crippen LogP contribution in [0.25, 0.3) is 11.6 Å². The standard InChI is InChI=1S/C10H14N6O/c1-2-7(5-11-3-1)4-8-14-10(16-17-8)9-12-6-13-15-9/h6-7,11H,1-5H2,(H,12,13,15). The number of piperidine rings is 1. The number of H-pyrrole nitrogens is 1. The van der Waals surface area contributed by atoms with Gasteiger partial charge in [0.05, 0.1) is 0 Å². The van der Waals surface area contributed by atoms with E-state index >= 15 is 0 Å². The topological polar surface area (TPSA) is 92.5 Å². The van der Waals surface area contributed by atoms with Gasteiger partial charge in [-0.3, -0.25) is 5.10 Å². The van der Waals surface area contributed by atoms with Crippen LogP contribution in [0.2, 0.25) is 0 Å². The fourth-order valence-electron chi connectivity index (χ4n) is 2.09. The van der Waals surface area contributed by atoms with E-state index in [1.54, 1.807) is 0 Å². The highest BCUT2D eigenvalue weighted by molar-refractivity contribution is 5.39. The summed E-state index contributed by atoms with van der Waals surface area (Å²) >= 11 is 0. The minimum absolute atomic E-state index is 0.473. The van der Waals surface area contributed by atoms with Gasteiger partial charge in [-0.1, -0.05) is 5.16 Å². The lowest BCUT2D eigenvalue weighted by Gasteiger charge is -2.20. The average Bonchev–Trinajstić information content (AvgIpc) is 3.00. The number of nitrogens with one attached hydrogen (secondary N) is 2. The number of hydrogen-bond donors (Lipinski definition) is 2.